The number of alkyl halides is 3. The van der Waals surface area contributed by atoms with Crippen LogP contribution < -0.4 is 4.74 Å². The first kappa shape index (κ1) is 29.7. The second-order valence-electron chi connectivity index (χ2n) is 11.8. The van der Waals surface area contributed by atoms with E-state index in [-0.39, 0.29) is 46.0 Å². The largest absolute Gasteiger partial charge is 0.471 e. The quantitative estimate of drug-likeness (QED) is 0.307. The van der Waals surface area contributed by atoms with E-state index >= 15 is 4.39 Å². The number of carbonyl (C=O) groups excluding carboxylic acids is 1. The number of hydrogen-bond acceptors (Lipinski definition) is 7. The van der Waals surface area contributed by atoms with Gasteiger partial charge in [0.05, 0.1) is 16.1 Å². The van der Waals surface area contributed by atoms with Crippen LogP contribution in [-0.2, 0) is 10.9 Å². The molecule has 0 bridgehead atoms. The van der Waals surface area contributed by atoms with Gasteiger partial charge in [0.2, 0.25) is 5.88 Å². The Morgan fingerprint density at radius 1 is 1.12 bits per heavy atom. The molecule has 2 aromatic heterocycles. The molecule has 4 heterocycles. The zero-order valence-corrected chi connectivity index (χ0v) is 25.1. The molecule has 3 aromatic rings. The van der Waals surface area contributed by atoms with Crippen molar-refractivity contribution in [3.63, 3.8) is 0 Å². The van der Waals surface area contributed by atoms with Crippen LogP contribution in [0.15, 0.2) is 10.5 Å². The Morgan fingerprint density at radius 3 is 2.39 bits per heavy atom. The van der Waals surface area contributed by atoms with Crippen molar-refractivity contribution in [2.24, 2.45) is 0 Å². The summed E-state index contributed by atoms with van der Waals surface area (Å²) >= 11 is 2.80. The number of fused-ring (bicyclic) bond motifs is 3. The molecule has 2 atom stereocenters. The zero-order chi connectivity index (χ0) is 29.9. The van der Waals surface area contributed by atoms with Crippen LogP contribution in [0.1, 0.15) is 65.0 Å². The molecule has 0 N–H and O–H groups in total. The Labute approximate surface area is 243 Å². The number of amides is 1. The maximum atomic E-state index is 15.6. The number of halogens is 5. The Kier molecular flexibility index (Phi) is 7.86. The smallest absolute Gasteiger partial charge is 0.417 e. The molecule has 2 unspecified atom stereocenters. The minimum absolute atomic E-state index is 0.0169. The van der Waals surface area contributed by atoms with Gasteiger partial charge in [-0.05, 0) is 89.0 Å². The standard InChI is InChI=1S/C27H33BrF4N6O3/c1-14(18-7-6-10-36(18)5)40-24-22-23(16-13-17(27(30,31)32)19(28)20(29)21(16)33-24)38(35-34-22)15-8-11-37(12-9-15)25(39)41-26(2,3)4/h13-15,18H,6-12H2,1-5H3. The summed E-state index contributed by atoms with van der Waals surface area (Å²) in [6, 6.07) is 0.668. The van der Waals surface area contributed by atoms with Crippen molar-refractivity contribution in [1.29, 1.82) is 0 Å². The van der Waals surface area contributed by atoms with Crippen LogP contribution in [0.5, 0.6) is 5.88 Å². The highest BCUT2D eigenvalue weighted by Crippen LogP contribution is 2.42. The van der Waals surface area contributed by atoms with Gasteiger partial charge in [-0.1, -0.05) is 5.21 Å². The maximum absolute atomic E-state index is 15.6. The van der Waals surface area contributed by atoms with Crippen LogP contribution in [0, 0.1) is 5.82 Å². The first-order chi connectivity index (χ1) is 19.2. The van der Waals surface area contributed by atoms with E-state index in [1.807, 2.05) is 14.0 Å². The van der Waals surface area contributed by atoms with Crippen LogP contribution in [0.4, 0.5) is 22.4 Å². The molecule has 1 amide bonds. The molecule has 0 spiro atoms. The van der Waals surface area contributed by atoms with Gasteiger partial charge in [-0.15, -0.1) is 5.10 Å². The number of carbonyl (C=O) groups is 1. The van der Waals surface area contributed by atoms with E-state index in [0.717, 1.165) is 25.5 Å². The van der Waals surface area contributed by atoms with E-state index in [0.29, 0.717) is 25.9 Å². The van der Waals surface area contributed by atoms with Gasteiger partial charge in [-0.2, -0.15) is 13.2 Å². The number of benzene rings is 1. The fourth-order valence-corrected chi connectivity index (χ4v) is 6.22. The van der Waals surface area contributed by atoms with Gasteiger partial charge in [0.1, 0.15) is 22.7 Å². The third-order valence-corrected chi connectivity index (χ3v) is 8.51. The molecule has 41 heavy (non-hydrogen) atoms. The molecule has 14 heteroatoms. The molecular weight excluding hydrogens is 612 g/mol. The van der Waals surface area contributed by atoms with Crippen LogP contribution in [0.25, 0.3) is 21.9 Å². The summed E-state index contributed by atoms with van der Waals surface area (Å²) in [5.74, 6) is -1.12. The van der Waals surface area contributed by atoms with Gasteiger partial charge < -0.3 is 14.4 Å². The number of aromatic nitrogens is 4. The maximum Gasteiger partial charge on any atom is 0.417 e. The lowest BCUT2D eigenvalue weighted by molar-refractivity contribution is -0.138. The number of nitrogens with zero attached hydrogens (tertiary/aromatic N) is 6. The van der Waals surface area contributed by atoms with Crippen LogP contribution in [0.2, 0.25) is 0 Å². The van der Waals surface area contributed by atoms with Crippen LogP contribution in [-0.4, -0.2) is 80.3 Å². The molecular formula is C27H33BrF4N6O3. The lowest BCUT2D eigenvalue weighted by atomic mass is 10.0. The molecule has 5 rings (SSSR count). The monoisotopic (exact) mass is 644 g/mol. The van der Waals surface area contributed by atoms with Crippen molar-refractivity contribution < 1.29 is 31.8 Å². The summed E-state index contributed by atoms with van der Waals surface area (Å²) in [6.45, 7) is 8.87. The van der Waals surface area contributed by atoms with Gasteiger partial charge in [0.15, 0.2) is 11.3 Å². The Balaban J connectivity index is 1.58. The number of hydrogen-bond donors (Lipinski definition) is 0. The summed E-state index contributed by atoms with van der Waals surface area (Å²) in [4.78, 5) is 20.7. The number of ether oxygens (including phenoxy) is 2. The second-order valence-corrected chi connectivity index (χ2v) is 12.6. The number of likely N-dealkylation sites (tertiary alicyclic amines) is 2. The van der Waals surface area contributed by atoms with E-state index < -0.39 is 33.7 Å². The van der Waals surface area contributed by atoms with Gasteiger partial charge in [-0.3, -0.25) is 4.90 Å². The molecule has 9 nitrogen and oxygen atoms in total. The molecule has 2 saturated heterocycles. The SMILES string of the molecule is CC(Oc1nc2c(F)c(Br)c(C(F)(F)F)cc2c2c1nnn2C1CCN(C(=O)OC(C)(C)C)CC1)C1CCCN1C. The summed E-state index contributed by atoms with van der Waals surface area (Å²) in [6.07, 6.45) is -2.76. The topological polar surface area (TPSA) is 85.6 Å². The number of likely N-dealkylation sites (N-methyl/N-ethyl adjacent to an activating group) is 1. The average molecular weight is 645 g/mol. The second kappa shape index (κ2) is 10.8. The number of rotatable bonds is 4. The number of pyridine rings is 1. The lowest BCUT2D eigenvalue weighted by Crippen LogP contribution is -2.42. The van der Waals surface area contributed by atoms with E-state index in [1.54, 1.807) is 25.7 Å². The predicted octanol–water partition coefficient (Wildman–Crippen LogP) is 6.33. The van der Waals surface area contributed by atoms with Crippen LogP contribution in [0.3, 0.4) is 0 Å². The Hall–Kier alpha value is -2.74. The summed E-state index contributed by atoms with van der Waals surface area (Å²) in [7, 11) is 2.00. The van der Waals surface area contributed by atoms with Crippen molar-refractivity contribution >= 4 is 44.0 Å². The molecule has 0 saturated carbocycles. The molecule has 2 aliphatic heterocycles. The zero-order valence-electron chi connectivity index (χ0n) is 23.6. The first-order valence-corrected chi connectivity index (χ1v) is 14.4. The van der Waals surface area contributed by atoms with Crippen molar-refractivity contribution in [3.05, 3.63) is 21.9 Å². The molecule has 1 aromatic carbocycles. The Morgan fingerprint density at radius 2 is 1.80 bits per heavy atom. The van der Waals surface area contributed by atoms with Crippen molar-refractivity contribution in [1.82, 2.24) is 29.8 Å². The fourth-order valence-electron chi connectivity index (χ4n) is 5.70. The highest BCUT2D eigenvalue weighted by Gasteiger charge is 2.37. The molecule has 2 aliphatic rings. The van der Waals surface area contributed by atoms with Gasteiger partial charge in [0.25, 0.3) is 0 Å². The van der Waals surface area contributed by atoms with Crippen molar-refractivity contribution in [2.75, 3.05) is 26.7 Å². The van der Waals surface area contributed by atoms with E-state index in [9.17, 15) is 18.0 Å². The van der Waals surface area contributed by atoms with E-state index in [1.165, 1.54) is 4.68 Å². The average Bonchev–Trinajstić information content (AvgIpc) is 3.52. The molecule has 2 fully saturated rings. The van der Waals surface area contributed by atoms with E-state index in [2.05, 4.69) is 36.1 Å². The number of piperidine rings is 1. The summed E-state index contributed by atoms with van der Waals surface area (Å²) in [5.41, 5.74) is -1.70. The summed E-state index contributed by atoms with van der Waals surface area (Å²) in [5, 5.41) is 8.53. The minimum Gasteiger partial charge on any atom is -0.471 e. The van der Waals surface area contributed by atoms with Gasteiger partial charge in [0, 0.05) is 24.5 Å². The minimum atomic E-state index is -4.81. The van der Waals surface area contributed by atoms with Crippen molar-refractivity contribution in [3.8, 4) is 5.88 Å². The fraction of sp³-hybridized carbons (Fsp3) is 0.630. The molecule has 0 radical (unpaired) electrons. The van der Waals surface area contributed by atoms with Crippen molar-refractivity contribution in [2.45, 2.75) is 83.3 Å². The van der Waals surface area contributed by atoms with Gasteiger partial charge in [-0.25, -0.2) is 18.9 Å². The third-order valence-electron chi connectivity index (χ3n) is 7.73. The highest BCUT2D eigenvalue weighted by atomic mass is 79.9. The Bertz CT molecular complexity index is 1470. The first-order valence-electron chi connectivity index (χ1n) is 13.6. The lowest BCUT2D eigenvalue weighted by Gasteiger charge is -2.33. The van der Waals surface area contributed by atoms with E-state index in [4.69, 9.17) is 9.47 Å². The highest BCUT2D eigenvalue weighted by molar-refractivity contribution is 9.10. The summed E-state index contributed by atoms with van der Waals surface area (Å²) < 4.78 is 69.8. The third kappa shape index (κ3) is 5.81. The van der Waals surface area contributed by atoms with Gasteiger partial charge >= 0.3 is 12.3 Å². The van der Waals surface area contributed by atoms with Crippen LogP contribution >= 0.6 is 15.9 Å². The molecule has 0 aliphatic carbocycles. The normalized spacial score (nSPS) is 20.2. The predicted molar refractivity (Wildman–Crippen MR) is 147 cm³/mol. The molecule has 224 valence electrons.